The third-order valence-corrected chi connectivity index (χ3v) is 4.18. The molecule has 5 nitrogen and oxygen atoms in total. The first-order chi connectivity index (χ1) is 12.1. The number of amides is 2. The molecule has 1 saturated carbocycles. The van der Waals surface area contributed by atoms with Crippen LogP contribution in [0.3, 0.4) is 0 Å². The number of anilines is 2. The summed E-state index contributed by atoms with van der Waals surface area (Å²) in [6.45, 7) is 4.50. The molecule has 1 aliphatic carbocycles. The van der Waals surface area contributed by atoms with Crippen molar-refractivity contribution in [1.29, 1.82) is 0 Å². The SMILES string of the molecule is CCOc1ccc(NC(=O)C2CC2C(=O)Nc2cccc(C)c2)cc1. The molecular weight excluding hydrogens is 316 g/mol. The van der Waals surface area contributed by atoms with E-state index in [2.05, 4.69) is 10.6 Å². The van der Waals surface area contributed by atoms with Gasteiger partial charge in [0, 0.05) is 11.4 Å². The van der Waals surface area contributed by atoms with Crippen LogP contribution >= 0.6 is 0 Å². The Kier molecular flexibility index (Phi) is 5.03. The van der Waals surface area contributed by atoms with Crippen LogP contribution in [0.1, 0.15) is 18.9 Å². The zero-order chi connectivity index (χ0) is 17.8. The molecule has 0 aromatic heterocycles. The number of rotatable bonds is 6. The molecule has 3 rings (SSSR count). The minimum absolute atomic E-state index is 0.0996. The number of hydrogen-bond donors (Lipinski definition) is 2. The van der Waals surface area contributed by atoms with Gasteiger partial charge in [-0.25, -0.2) is 0 Å². The van der Waals surface area contributed by atoms with Crippen LogP contribution in [0.5, 0.6) is 5.75 Å². The van der Waals surface area contributed by atoms with Crippen molar-refractivity contribution in [2.24, 2.45) is 11.8 Å². The molecule has 0 aliphatic heterocycles. The molecule has 2 N–H and O–H groups in total. The maximum Gasteiger partial charge on any atom is 0.228 e. The van der Waals surface area contributed by atoms with Crippen molar-refractivity contribution in [2.45, 2.75) is 20.3 Å². The van der Waals surface area contributed by atoms with Gasteiger partial charge in [-0.2, -0.15) is 0 Å². The van der Waals surface area contributed by atoms with Gasteiger partial charge in [-0.1, -0.05) is 12.1 Å². The summed E-state index contributed by atoms with van der Waals surface area (Å²) in [4.78, 5) is 24.5. The van der Waals surface area contributed by atoms with Crippen LogP contribution in [0.4, 0.5) is 11.4 Å². The Hall–Kier alpha value is -2.82. The summed E-state index contributed by atoms with van der Waals surface area (Å²) < 4.78 is 5.37. The highest BCUT2D eigenvalue weighted by Gasteiger charge is 2.48. The van der Waals surface area contributed by atoms with Crippen molar-refractivity contribution in [1.82, 2.24) is 0 Å². The predicted molar refractivity (Wildman–Crippen MR) is 97.6 cm³/mol. The number of aryl methyl sites for hydroxylation is 1. The molecule has 2 atom stereocenters. The lowest BCUT2D eigenvalue weighted by molar-refractivity contribution is -0.122. The minimum atomic E-state index is -0.267. The third kappa shape index (κ3) is 4.38. The fraction of sp³-hybridized carbons (Fsp3) is 0.300. The van der Waals surface area contributed by atoms with E-state index in [0.29, 0.717) is 18.7 Å². The van der Waals surface area contributed by atoms with E-state index in [1.807, 2.05) is 50.2 Å². The standard InChI is InChI=1S/C20H22N2O3/c1-3-25-16-9-7-14(8-10-16)21-19(23)17-12-18(17)20(24)22-15-6-4-5-13(2)11-15/h4-11,17-18H,3,12H2,1-2H3,(H,21,23)(H,22,24). The van der Waals surface area contributed by atoms with E-state index in [1.165, 1.54) is 0 Å². The lowest BCUT2D eigenvalue weighted by Crippen LogP contribution is -2.20. The van der Waals surface area contributed by atoms with Gasteiger partial charge in [-0.15, -0.1) is 0 Å². The molecule has 0 heterocycles. The quantitative estimate of drug-likeness (QED) is 0.845. The molecule has 25 heavy (non-hydrogen) atoms. The van der Waals surface area contributed by atoms with Crippen molar-refractivity contribution in [3.05, 3.63) is 54.1 Å². The van der Waals surface area contributed by atoms with Crippen LogP contribution in [0.15, 0.2) is 48.5 Å². The lowest BCUT2D eigenvalue weighted by atomic mass is 10.2. The van der Waals surface area contributed by atoms with Gasteiger partial charge < -0.3 is 15.4 Å². The highest BCUT2D eigenvalue weighted by atomic mass is 16.5. The van der Waals surface area contributed by atoms with E-state index in [4.69, 9.17) is 4.74 Å². The van der Waals surface area contributed by atoms with Crippen LogP contribution in [-0.2, 0) is 9.59 Å². The summed E-state index contributed by atoms with van der Waals surface area (Å²) in [6, 6.07) is 14.9. The number of ether oxygens (including phenoxy) is 1. The summed E-state index contributed by atoms with van der Waals surface area (Å²) in [6.07, 6.45) is 0.584. The normalized spacial score (nSPS) is 18.3. The van der Waals surface area contributed by atoms with E-state index < -0.39 is 0 Å². The average Bonchev–Trinajstić information content (AvgIpc) is 3.38. The topological polar surface area (TPSA) is 67.4 Å². The first-order valence-corrected chi connectivity index (χ1v) is 8.48. The smallest absolute Gasteiger partial charge is 0.228 e. The van der Waals surface area contributed by atoms with Crippen LogP contribution in [0.2, 0.25) is 0 Å². The Labute approximate surface area is 147 Å². The van der Waals surface area contributed by atoms with Gasteiger partial charge in [0.25, 0.3) is 0 Å². The number of nitrogens with one attached hydrogen (secondary N) is 2. The molecule has 2 aromatic rings. The molecule has 130 valence electrons. The first-order valence-electron chi connectivity index (χ1n) is 8.48. The van der Waals surface area contributed by atoms with Crippen LogP contribution < -0.4 is 15.4 Å². The average molecular weight is 338 g/mol. The largest absolute Gasteiger partial charge is 0.494 e. The van der Waals surface area contributed by atoms with Gasteiger partial charge in [0.15, 0.2) is 0 Å². The third-order valence-electron chi connectivity index (χ3n) is 4.18. The monoisotopic (exact) mass is 338 g/mol. The fourth-order valence-electron chi connectivity index (χ4n) is 2.77. The van der Waals surface area contributed by atoms with Gasteiger partial charge >= 0.3 is 0 Å². The Morgan fingerprint density at radius 2 is 1.64 bits per heavy atom. The van der Waals surface area contributed by atoms with Crippen molar-refractivity contribution in [2.75, 3.05) is 17.2 Å². The van der Waals surface area contributed by atoms with Gasteiger partial charge in [0.1, 0.15) is 5.75 Å². The molecule has 2 amide bonds. The Morgan fingerprint density at radius 3 is 2.24 bits per heavy atom. The highest BCUT2D eigenvalue weighted by Crippen LogP contribution is 2.40. The predicted octanol–water partition coefficient (Wildman–Crippen LogP) is 3.61. The van der Waals surface area contributed by atoms with Gasteiger partial charge in [-0.3, -0.25) is 9.59 Å². The lowest BCUT2D eigenvalue weighted by Gasteiger charge is -2.08. The summed E-state index contributed by atoms with van der Waals surface area (Å²) >= 11 is 0. The molecule has 2 unspecified atom stereocenters. The first kappa shape index (κ1) is 17.0. The second kappa shape index (κ2) is 7.38. The summed E-state index contributed by atoms with van der Waals surface area (Å²) in [7, 11) is 0. The maximum absolute atomic E-state index is 12.3. The zero-order valence-corrected chi connectivity index (χ0v) is 14.4. The highest BCUT2D eigenvalue weighted by molar-refractivity contribution is 6.03. The van der Waals surface area contributed by atoms with Crippen LogP contribution in [0, 0.1) is 18.8 Å². The van der Waals surface area contributed by atoms with Gasteiger partial charge in [0.05, 0.1) is 18.4 Å². The summed E-state index contributed by atoms with van der Waals surface area (Å²) in [5.74, 6) is 0.0212. The molecule has 5 heteroatoms. The van der Waals surface area contributed by atoms with E-state index in [-0.39, 0.29) is 23.7 Å². The molecule has 1 aliphatic rings. The van der Waals surface area contributed by atoms with Crippen molar-refractivity contribution >= 4 is 23.2 Å². The van der Waals surface area contributed by atoms with Crippen molar-refractivity contribution in [3.8, 4) is 5.75 Å². The molecule has 2 aromatic carbocycles. The van der Waals surface area contributed by atoms with E-state index in [0.717, 1.165) is 17.0 Å². The Balaban J connectivity index is 1.52. The second-order valence-corrected chi connectivity index (χ2v) is 6.25. The fourth-order valence-corrected chi connectivity index (χ4v) is 2.77. The van der Waals surface area contributed by atoms with E-state index >= 15 is 0 Å². The number of carbonyl (C=O) groups excluding carboxylic acids is 2. The van der Waals surface area contributed by atoms with Gasteiger partial charge in [0.2, 0.25) is 11.8 Å². The molecule has 0 saturated heterocycles. The Morgan fingerprint density at radius 1 is 1.00 bits per heavy atom. The number of carbonyl (C=O) groups is 2. The summed E-state index contributed by atoms with van der Waals surface area (Å²) in [5, 5.41) is 5.74. The summed E-state index contributed by atoms with van der Waals surface area (Å²) in [5.41, 5.74) is 2.55. The minimum Gasteiger partial charge on any atom is -0.494 e. The van der Waals surface area contributed by atoms with Crippen LogP contribution in [0.25, 0.3) is 0 Å². The molecule has 0 radical (unpaired) electrons. The molecule has 1 fully saturated rings. The molecule has 0 spiro atoms. The Bertz CT molecular complexity index is 771. The van der Waals surface area contributed by atoms with Crippen LogP contribution in [-0.4, -0.2) is 18.4 Å². The van der Waals surface area contributed by atoms with E-state index in [1.54, 1.807) is 12.1 Å². The number of hydrogen-bond acceptors (Lipinski definition) is 3. The van der Waals surface area contributed by atoms with Crippen molar-refractivity contribution in [3.63, 3.8) is 0 Å². The zero-order valence-electron chi connectivity index (χ0n) is 14.4. The van der Waals surface area contributed by atoms with Gasteiger partial charge in [-0.05, 0) is 62.2 Å². The second-order valence-electron chi connectivity index (χ2n) is 6.25. The van der Waals surface area contributed by atoms with Crippen molar-refractivity contribution < 1.29 is 14.3 Å². The number of benzene rings is 2. The molecular formula is C20H22N2O3. The molecule has 0 bridgehead atoms. The van der Waals surface area contributed by atoms with E-state index in [9.17, 15) is 9.59 Å². The maximum atomic E-state index is 12.3.